The van der Waals surface area contributed by atoms with Crippen LogP contribution in [0.2, 0.25) is 0 Å². The summed E-state index contributed by atoms with van der Waals surface area (Å²) in [4.78, 5) is 19.0. The number of hydrogen-bond acceptors (Lipinski definition) is 4. The molecule has 0 bridgehead atoms. The van der Waals surface area contributed by atoms with Crippen molar-refractivity contribution in [1.29, 1.82) is 0 Å². The highest BCUT2D eigenvalue weighted by atomic mass is 16.5. The van der Waals surface area contributed by atoms with E-state index in [9.17, 15) is 4.79 Å². The summed E-state index contributed by atoms with van der Waals surface area (Å²) in [6.45, 7) is 5.91. The highest BCUT2D eigenvalue weighted by Crippen LogP contribution is 2.17. The molecule has 0 aliphatic carbocycles. The molecule has 2 fully saturated rings. The molecular weight excluding hydrogens is 278 g/mol. The van der Waals surface area contributed by atoms with Crippen LogP contribution in [-0.4, -0.2) is 54.2 Å². The molecule has 5 nitrogen and oxygen atoms in total. The van der Waals surface area contributed by atoms with Gasteiger partial charge in [-0.05, 0) is 44.7 Å². The Kier molecular flexibility index (Phi) is 5.05. The van der Waals surface area contributed by atoms with E-state index in [2.05, 4.69) is 15.2 Å². The van der Waals surface area contributed by atoms with Crippen LogP contribution in [-0.2, 0) is 4.74 Å². The molecule has 1 atom stereocenters. The molecule has 22 heavy (non-hydrogen) atoms. The lowest BCUT2D eigenvalue weighted by Gasteiger charge is -2.33. The fourth-order valence-corrected chi connectivity index (χ4v) is 3.32. The first kappa shape index (κ1) is 15.4. The molecule has 0 aromatic carbocycles. The van der Waals surface area contributed by atoms with Gasteiger partial charge in [-0.2, -0.15) is 0 Å². The molecule has 2 saturated heterocycles. The Bertz CT molecular complexity index is 506. The van der Waals surface area contributed by atoms with E-state index in [1.54, 1.807) is 6.20 Å². The summed E-state index contributed by atoms with van der Waals surface area (Å²) in [5.41, 5.74) is 1.47. The quantitative estimate of drug-likeness (QED) is 0.921. The fraction of sp³-hybridized carbons (Fsp3) is 0.647. The smallest absolute Gasteiger partial charge is 0.253 e. The molecule has 3 rings (SSSR count). The third-order valence-corrected chi connectivity index (χ3v) is 4.66. The van der Waals surface area contributed by atoms with E-state index in [4.69, 9.17) is 4.74 Å². The van der Waals surface area contributed by atoms with E-state index in [1.165, 1.54) is 12.8 Å². The van der Waals surface area contributed by atoms with Gasteiger partial charge in [0.2, 0.25) is 0 Å². The number of nitrogens with zero attached hydrogens (tertiary/aromatic N) is 2. The Labute approximate surface area is 132 Å². The minimum atomic E-state index is 0.00294. The number of carbonyl (C=O) groups excluding carboxylic acids is 1. The van der Waals surface area contributed by atoms with Gasteiger partial charge in [-0.25, -0.2) is 0 Å². The number of hydrogen-bond donors (Lipinski definition) is 1. The maximum absolute atomic E-state index is 12.3. The van der Waals surface area contributed by atoms with E-state index >= 15 is 0 Å². The van der Waals surface area contributed by atoms with Crippen molar-refractivity contribution in [1.82, 2.24) is 15.2 Å². The zero-order chi connectivity index (χ0) is 15.4. The number of pyridine rings is 1. The van der Waals surface area contributed by atoms with E-state index in [0.29, 0.717) is 11.7 Å². The Morgan fingerprint density at radius 3 is 2.91 bits per heavy atom. The van der Waals surface area contributed by atoms with Crippen molar-refractivity contribution in [3.05, 3.63) is 29.6 Å². The van der Waals surface area contributed by atoms with Crippen molar-refractivity contribution >= 4 is 5.91 Å². The standard InChI is InChI=1S/C17H25N3O2/c1-13-16(5-2-8-18-13)17(21)19-14-6-9-20(10-7-14)12-15-4-3-11-22-15/h2,5,8,14-15H,3-4,6-7,9-12H2,1H3,(H,19,21)/t15-/m0/s1. The van der Waals surface area contributed by atoms with Gasteiger partial charge in [0, 0.05) is 44.2 Å². The minimum absolute atomic E-state index is 0.00294. The van der Waals surface area contributed by atoms with Crippen LogP contribution in [0.5, 0.6) is 0 Å². The fourth-order valence-electron chi connectivity index (χ4n) is 3.32. The zero-order valence-corrected chi connectivity index (χ0v) is 13.3. The topological polar surface area (TPSA) is 54.5 Å². The monoisotopic (exact) mass is 303 g/mol. The first-order valence-corrected chi connectivity index (χ1v) is 8.29. The maximum atomic E-state index is 12.3. The van der Waals surface area contributed by atoms with Gasteiger partial charge >= 0.3 is 0 Å². The van der Waals surface area contributed by atoms with Crippen molar-refractivity contribution in [2.45, 2.75) is 44.8 Å². The summed E-state index contributed by atoms with van der Waals surface area (Å²) >= 11 is 0. The number of carbonyl (C=O) groups is 1. The Morgan fingerprint density at radius 1 is 1.41 bits per heavy atom. The first-order chi connectivity index (χ1) is 10.7. The molecule has 1 N–H and O–H groups in total. The highest BCUT2D eigenvalue weighted by molar-refractivity contribution is 5.95. The van der Waals surface area contributed by atoms with Gasteiger partial charge in [0.1, 0.15) is 0 Å². The summed E-state index contributed by atoms with van der Waals surface area (Å²) in [5, 5.41) is 3.15. The molecular formula is C17H25N3O2. The second-order valence-electron chi connectivity index (χ2n) is 6.32. The molecule has 2 aliphatic rings. The van der Waals surface area contributed by atoms with Crippen molar-refractivity contribution in [2.75, 3.05) is 26.2 Å². The van der Waals surface area contributed by atoms with Crippen molar-refractivity contribution < 1.29 is 9.53 Å². The Hall–Kier alpha value is -1.46. The molecule has 1 aromatic heterocycles. The number of nitrogens with one attached hydrogen (secondary N) is 1. The van der Waals surface area contributed by atoms with Crippen LogP contribution >= 0.6 is 0 Å². The largest absolute Gasteiger partial charge is 0.377 e. The van der Waals surface area contributed by atoms with Gasteiger partial charge in [0.05, 0.1) is 11.7 Å². The summed E-state index contributed by atoms with van der Waals surface area (Å²) < 4.78 is 5.70. The lowest BCUT2D eigenvalue weighted by molar-refractivity contribution is 0.0612. The predicted octanol–water partition coefficient (Wildman–Crippen LogP) is 1.76. The van der Waals surface area contributed by atoms with E-state index in [-0.39, 0.29) is 11.9 Å². The average Bonchev–Trinajstić information content (AvgIpc) is 3.02. The van der Waals surface area contributed by atoms with Crippen LogP contribution in [0, 0.1) is 6.92 Å². The van der Waals surface area contributed by atoms with Crippen molar-refractivity contribution in [3.63, 3.8) is 0 Å². The third-order valence-electron chi connectivity index (χ3n) is 4.66. The van der Waals surface area contributed by atoms with Crippen molar-refractivity contribution in [2.24, 2.45) is 0 Å². The van der Waals surface area contributed by atoms with Crippen LogP contribution in [0.1, 0.15) is 41.7 Å². The molecule has 0 spiro atoms. The molecule has 1 amide bonds. The maximum Gasteiger partial charge on any atom is 0.253 e. The summed E-state index contributed by atoms with van der Waals surface area (Å²) in [6.07, 6.45) is 6.55. The van der Waals surface area contributed by atoms with Gasteiger partial charge in [0.15, 0.2) is 0 Å². The molecule has 0 saturated carbocycles. The van der Waals surface area contributed by atoms with Gasteiger partial charge in [-0.3, -0.25) is 9.78 Å². The second kappa shape index (κ2) is 7.20. The molecule has 5 heteroatoms. The van der Waals surface area contributed by atoms with Crippen molar-refractivity contribution in [3.8, 4) is 0 Å². The highest BCUT2D eigenvalue weighted by Gasteiger charge is 2.25. The molecule has 1 aromatic rings. The second-order valence-corrected chi connectivity index (χ2v) is 6.32. The number of aromatic nitrogens is 1. The number of ether oxygens (including phenoxy) is 1. The molecule has 0 radical (unpaired) electrons. The lowest BCUT2D eigenvalue weighted by atomic mass is 10.0. The number of piperidine rings is 1. The molecule has 2 aliphatic heterocycles. The van der Waals surface area contributed by atoms with Gasteiger partial charge in [-0.15, -0.1) is 0 Å². The molecule has 0 unspecified atom stereocenters. The normalized spacial score (nSPS) is 23.6. The van der Waals surface area contributed by atoms with E-state index in [0.717, 1.165) is 44.8 Å². The van der Waals surface area contributed by atoms with E-state index in [1.807, 2.05) is 19.1 Å². The third kappa shape index (κ3) is 3.84. The number of amides is 1. The lowest BCUT2D eigenvalue weighted by Crippen LogP contribution is -2.46. The predicted molar refractivity (Wildman–Crippen MR) is 84.9 cm³/mol. The molecule has 3 heterocycles. The summed E-state index contributed by atoms with van der Waals surface area (Å²) in [5.74, 6) is 0.00294. The zero-order valence-electron chi connectivity index (χ0n) is 13.3. The Balaban J connectivity index is 1.45. The van der Waals surface area contributed by atoms with Crippen LogP contribution < -0.4 is 5.32 Å². The summed E-state index contributed by atoms with van der Waals surface area (Å²) in [7, 11) is 0. The SMILES string of the molecule is Cc1ncccc1C(=O)NC1CCN(C[C@@H]2CCCO2)CC1. The van der Waals surface area contributed by atoms with E-state index < -0.39 is 0 Å². The number of rotatable bonds is 4. The van der Waals surface area contributed by atoms with Crippen LogP contribution in [0.4, 0.5) is 0 Å². The van der Waals surface area contributed by atoms with Crippen LogP contribution in [0.3, 0.4) is 0 Å². The number of likely N-dealkylation sites (tertiary alicyclic amines) is 1. The first-order valence-electron chi connectivity index (χ1n) is 8.29. The minimum Gasteiger partial charge on any atom is -0.377 e. The summed E-state index contributed by atoms with van der Waals surface area (Å²) in [6, 6.07) is 3.92. The number of aryl methyl sites for hydroxylation is 1. The van der Waals surface area contributed by atoms with Gasteiger partial charge < -0.3 is 15.0 Å². The van der Waals surface area contributed by atoms with Gasteiger partial charge in [0.25, 0.3) is 5.91 Å². The Morgan fingerprint density at radius 2 is 2.23 bits per heavy atom. The van der Waals surface area contributed by atoms with Crippen LogP contribution in [0.15, 0.2) is 18.3 Å². The van der Waals surface area contributed by atoms with Gasteiger partial charge in [-0.1, -0.05) is 0 Å². The average molecular weight is 303 g/mol. The van der Waals surface area contributed by atoms with Crippen LogP contribution in [0.25, 0.3) is 0 Å². The molecule has 120 valence electrons.